The van der Waals surface area contributed by atoms with Crippen LogP contribution in [0, 0.1) is 0 Å². The van der Waals surface area contributed by atoms with Gasteiger partial charge in [-0.15, -0.1) is 10.2 Å². The maximum Gasteiger partial charge on any atom is 0.424 e. The minimum atomic E-state index is -4.94. The molecule has 1 aliphatic rings. The number of aliphatic hydroxyl groups is 1. The lowest BCUT2D eigenvalue weighted by Crippen LogP contribution is -2.42. The Balaban J connectivity index is 2.19. The van der Waals surface area contributed by atoms with Crippen LogP contribution in [0.25, 0.3) is 11.5 Å². The zero-order valence-electron chi connectivity index (χ0n) is 12.9. The predicted octanol–water partition coefficient (Wildman–Crippen LogP) is 2.60. The van der Waals surface area contributed by atoms with E-state index in [1.54, 1.807) is 6.92 Å². The normalized spacial score (nSPS) is 20.5. The molecule has 0 fully saturated rings. The molecule has 0 aliphatic carbocycles. The second kappa shape index (κ2) is 4.74. The molecule has 3 rings (SSSR count). The van der Waals surface area contributed by atoms with Crippen molar-refractivity contribution < 1.29 is 27.1 Å². The first-order valence-corrected chi connectivity index (χ1v) is 7.04. The molecule has 2 aromatic rings. The summed E-state index contributed by atoms with van der Waals surface area (Å²) in [6.45, 7) is 2.74. The molecule has 2 atom stereocenters. The van der Waals surface area contributed by atoms with E-state index >= 15 is 0 Å². The smallest absolute Gasteiger partial charge is 0.374 e. The van der Waals surface area contributed by atoms with Crippen molar-refractivity contribution in [2.45, 2.75) is 51.1 Å². The molecule has 24 heavy (non-hydrogen) atoms. The maximum absolute atomic E-state index is 13.6. The minimum Gasteiger partial charge on any atom is -0.374 e. The molecule has 1 aliphatic heterocycles. The Morgan fingerprint density at radius 3 is 2.29 bits per heavy atom. The first-order valence-electron chi connectivity index (χ1n) is 7.04. The Kier molecular flexibility index (Phi) is 3.32. The van der Waals surface area contributed by atoms with E-state index in [9.17, 15) is 27.1 Å². The van der Waals surface area contributed by atoms with Gasteiger partial charge < -0.3 is 14.2 Å². The number of hydrogen-bond donors (Lipinski definition) is 1. The lowest BCUT2D eigenvalue weighted by atomic mass is 10.0. The summed E-state index contributed by atoms with van der Waals surface area (Å²) in [5, 5.41) is 17.0. The average molecular weight is 351 g/mol. The summed E-state index contributed by atoms with van der Waals surface area (Å²) in [4.78, 5) is 3.68. The van der Waals surface area contributed by atoms with Crippen molar-refractivity contribution in [2.24, 2.45) is 0 Å². The molecule has 0 saturated carbocycles. The highest BCUT2D eigenvalue weighted by atomic mass is 19.4. The van der Waals surface area contributed by atoms with Gasteiger partial charge in [0.2, 0.25) is 11.4 Å². The van der Waals surface area contributed by atoms with E-state index in [0.717, 1.165) is 15.3 Å². The van der Waals surface area contributed by atoms with Crippen LogP contribution in [0.1, 0.15) is 38.5 Å². The van der Waals surface area contributed by atoms with Crippen LogP contribution in [0.3, 0.4) is 0 Å². The van der Waals surface area contributed by atoms with Crippen molar-refractivity contribution in [2.75, 3.05) is 0 Å². The molecule has 6 nitrogen and oxygen atoms in total. The molecule has 3 heterocycles. The molecule has 0 spiro atoms. The van der Waals surface area contributed by atoms with Crippen LogP contribution in [-0.4, -0.2) is 35.6 Å². The highest BCUT2D eigenvalue weighted by Gasteiger charge is 2.55. The van der Waals surface area contributed by atoms with Gasteiger partial charge in [-0.25, -0.2) is 4.98 Å². The third-order valence-electron chi connectivity index (χ3n) is 4.04. The zero-order chi connectivity index (χ0) is 18.1. The van der Waals surface area contributed by atoms with Crippen molar-refractivity contribution in [3.8, 4) is 11.5 Å². The summed E-state index contributed by atoms with van der Waals surface area (Å²) in [7, 11) is 0. The Bertz CT molecular complexity index is 786. The lowest BCUT2D eigenvalue weighted by Gasteiger charge is -2.31. The van der Waals surface area contributed by atoms with E-state index in [1.807, 2.05) is 0 Å². The van der Waals surface area contributed by atoms with E-state index in [1.165, 1.54) is 0 Å². The lowest BCUT2D eigenvalue weighted by molar-refractivity contribution is -0.262. The summed E-state index contributed by atoms with van der Waals surface area (Å²) < 4.78 is 68.9. The fourth-order valence-corrected chi connectivity index (χ4v) is 2.80. The van der Waals surface area contributed by atoms with Crippen molar-refractivity contribution >= 4 is 0 Å². The van der Waals surface area contributed by atoms with E-state index in [4.69, 9.17) is 0 Å². The van der Waals surface area contributed by atoms with E-state index < -0.39 is 35.4 Å². The van der Waals surface area contributed by atoms with Gasteiger partial charge in [0.05, 0.1) is 12.2 Å². The number of nitrogens with zero attached hydrogens (tertiary/aromatic N) is 5. The Morgan fingerprint density at radius 2 is 1.75 bits per heavy atom. The highest BCUT2D eigenvalue weighted by Crippen LogP contribution is 2.42. The Labute approximate surface area is 132 Å². The van der Waals surface area contributed by atoms with Gasteiger partial charge in [-0.1, -0.05) is 0 Å². The van der Waals surface area contributed by atoms with Crippen LogP contribution in [0.4, 0.5) is 22.0 Å². The van der Waals surface area contributed by atoms with Crippen molar-refractivity contribution in [3.63, 3.8) is 0 Å². The second-order valence-corrected chi connectivity index (χ2v) is 6.10. The van der Waals surface area contributed by atoms with Gasteiger partial charge in [-0.05, 0) is 13.8 Å². The first-order chi connectivity index (χ1) is 10.9. The van der Waals surface area contributed by atoms with Crippen molar-refractivity contribution in [3.05, 3.63) is 17.8 Å². The molecule has 0 saturated heterocycles. The van der Waals surface area contributed by atoms with Gasteiger partial charge in [0, 0.05) is 13.5 Å². The summed E-state index contributed by atoms with van der Waals surface area (Å²) >= 11 is 0. The number of halogens is 5. The van der Waals surface area contributed by atoms with E-state index in [-0.39, 0.29) is 18.1 Å². The topological polar surface area (TPSA) is 68.8 Å². The van der Waals surface area contributed by atoms with Crippen molar-refractivity contribution in [1.82, 2.24) is 24.3 Å². The van der Waals surface area contributed by atoms with E-state index in [0.29, 0.717) is 13.8 Å². The van der Waals surface area contributed by atoms with Crippen LogP contribution in [0.5, 0.6) is 0 Å². The van der Waals surface area contributed by atoms with Gasteiger partial charge >= 0.3 is 12.1 Å². The summed E-state index contributed by atoms with van der Waals surface area (Å²) in [5.41, 5.74) is -3.09. The number of aromatic nitrogens is 5. The third-order valence-corrected chi connectivity index (χ3v) is 4.04. The summed E-state index contributed by atoms with van der Waals surface area (Å²) in [6, 6.07) is -0.657. The quantitative estimate of drug-likeness (QED) is 0.845. The average Bonchev–Trinajstić information content (AvgIpc) is 2.99. The molecule has 132 valence electrons. The van der Waals surface area contributed by atoms with Crippen LogP contribution in [0.15, 0.2) is 6.20 Å². The first kappa shape index (κ1) is 16.8. The summed E-state index contributed by atoms with van der Waals surface area (Å²) in [5.74, 6) is -4.44. The van der Waals surface area contributed by atoms with Gasteiger partial charge in [-0.2, -0.15) is 22.0 Å². The number of fused-ring (bicyclic) bond motifs is 3. The zero-order valence-corrected chi connectivity index (χ0v) is 12.9. The molecular formula is C13H14F5N5O. The molecule has 0 radical (unpaired) electrons. The molecule has 11 heteroatoms. The fraction of sp³-hybridized carbons (Fsp3) is 0.615. The monoisotopic (exact) mass is 351 g/mol. The second-order valence-electron chi connectivity index (χ2n) is 6.10. The fourth-order valence-electron chi connectivity index (χ4n) is 2.80. The minimum absolute atomic E-state index is 0.0126. The van der Waals surface area contributed by atoms with Gasteiger partial charge in [0.25, 0.3) is 0 Å². The molecule has 2 aromatic heterocycles. The molecule has 0 aromatic carbocycles. The third kappa shape index (κ3) is 2.21. The molecular weight excluding hydrogens is 337 g/mol. The Hall–Kier alpha value is -2.04. The van der Waals surface area contributed by atoms with E-state index in [2.05, 4.69) is 15.2 Å². The van der Waals surface area contributed by atoms with Crippen LogP contribution in [-0.2, 0) is 18.1 Å². The maximum atomic E-state index is 13.6. The number of imidazole rings is 1. The summed E-state index contributed by atoms with van der Waals surface area (Å²) in [6.07, 6.45) is -3.87. The van der Waals surface area contributed by atoms with Crippen molar-refractivity contribution in [1.29, 1.82) is 0 Å². The molecule has 0 bridgehead atoms. The predicted molar refractivity (Wildman–Crippen MR) is 71.1 cm³/mol. The highest BCUT2D eigenvalue weighted by molar-refractivity contribution is 5.52. The largest absolute Gasteiger partial charge is 0.424 e. The Morgan fingerprint density at radius 1 is 1.12 bits per heavy atom. The number of hydrogen-bond acceptors (Lipinski definition) is 4. The van der Waals surface area contributed by atoms with Crippen LogP contribution >= 0.6 is 0 Å². The van der Waals surface area contributed by atoms with Gasteiger partial charge in [-0.3, -0.25) is 0 Å². The van der Waals surface area contributed by atoms with Gasteiger partial charge in [0.15, 0.2) is 11.6 Å². The van der Waals surface area contributed by atoms with Crippen LogP contribution in [0.2, 0.25) is 0 Å². The molecule has 1 N–H and O–H groups in total. The molecule has 0 unspecified atom stereocenters. The van der Waals surface area contributed by atoms with Crippen LogP contribution < -0.4 is 0 Å². The SMILES string of the molecule is C[C@H]1Cn2c(nnc2C(C)(F)F)-c2cnc([C@@](C)(O)C(F)(F)F)n21. The standard InChI is InChI=1S/C13H14F5N5O/c1-6-5-22-8(20-21-10(22)12(3,14)15)7-4-19-9(23(6)7)11(2,24)13(16,17)18/h4,6,24H,5H2,1-3H3/t6-,11+/m0/s1. The number of rotatable bonds is 2. The number of alkyl halides is 5. The molecule has 0 amide bonds. The van der Waals surface area contributed by atoms with Gasteiger partial charge in [0.1, 0.15) is 5.69 Å².